The second-order valence-electron chi connectivity index (χ2n) is 4.87. The van der Waals surface area contributed by atoms with Crippen molar-refractivity contribution >= 4 is 23.5 Å². The Balaban J connectivity index is 2.12. The molecule has 2 heterocycles. The second kappa shape index (κ2) is 7.41. The Labute approximate surface area is 124 Å². The number of hydrogen-bond acceptors (Lipinski definition) is 5. The molecule has 5 heteroatoms. The van der Waals surface area contributed by atoms with E-state index in [4.69, 9.17) is 4.74 Å². The maximum Gasteiger partial charge on any atom is 0.138 e. The summed E-state index contributed by atoms with van der Waals surface area (Å²) in [5, 5.41) is 4.05. The number of rotatable bonds is 5. The van der Waals surface area contributed by atoms with Gasteiger partial charge in [-0.3, -0.25) is 4.98 Å². The summed E-state index contributed by atoms with van der Waals surface area (Å²) >= 11 is 4.10. The summed E-state index contributed by atoms with van der Waals surface area (Å²) < 4.78 is 5.73. The van der Waals surface area contributed by atoms with Crippen LogP contribution in [-0.4, -0.2) is 40.6 Å². The molecule has 0 aliphatic carbocycles. The van der Waals surface area contributed by atoms with Crippen molar-refractivity contribution in [2.75, 3.05) is 24.3 Å². The van der Waals surface area contributed by atoms with Gasteiger partial charge in [0.25, 0.3) is 0 Å². The van der Waals surface area contributed by atoms with E-state index >= 15 is 0 Å². The average molecular weight is 298 g/mol. The standard InChI is InChI=1S/C14H22N2OS2/c1-10(2)17-12-6-11(7-16-8-12)14(15-3)13-9-18-4-5-19-13/h6-8,10,13-15H,4-5,9H2,1-3H3. The zero-order chi connectivity index (χ0) is 13.7. The normalized spacial score (nSPS) is 21.4. The Morgan fingerprint density at radius 2 is 2.21 bits per heavy atom. The minimum Gasteiger partial charge on any atom is -0.489 e. The van der Waals surface area contributed by atoms with Crippen LogP contribution in [0.15, 0.2) is 18.5 Å². The molecule has 0 aromatic carbocycles. The molecule has 2 rings (SSSR count). The van der Waals surface area contributed by atoms with E-state index in [0.717, 1.165) is 5.75 Å². The highest BCUT2D eigenvalue weighted by molar-refractivity contribution is 8.06. The first-order chi connectivity index (χ1) is 9.20. The van der Waals surface area contributed by atoms with Crippen molar-refractivity contribution in [3.05, 3.63) is 24.0 Å². The van der Waals surface area contributed by atoms with Gasteiger partial charge in [-0.15, -0.1) is 0 Å². The molecule has 1 aliphatic heterocycles. The molecule has 19 heavy (non-hydrogen) atoms. The Hall–Kier alpha value is -0.390. The van der Waals surface area contributed by atoms with Crippen molar-refractivity contribution in [2.45, 2.75) is 31.2 Å². The molecule has 1 aromatic rings. The molecule has 2 atom stereocenters. The first kappa shape index (κ1) is 15.0. The maximum atomic E-state index is 5.73. The number of nitrogens with zero attached hydrogens (tertiary/aromatic N) is 1. The lowest BCUT2D eigenvalue weighted by atomic mass is 10.1. The fourth-order valence-electron chi connectivity index (χ4n) is 2.21. The summed E-state index contributed by atoms with van der Waals surface area (Å²) in [6.07, 6.45) is 3.93. The summed E-state index contributed by atoms with van der Waals surface area (Å²) in [5.74, 6) is 4.57. The lowest BCUT2D eigenvalue weighted by Gasteiger charge is -2.29. The van der Waals surface area contributed by atoms with E-state index < -0.39 is 0 Å². The van der Waals surface area contributed by atoms with Crippen LogP contribution in [0.4, 0.5) is 0 Å². The second-order valence-corrected chi connectivity index (χ2v) is 7.37. The summed E-state index contributed by atoms with van der Waals surface area (Å²) in [7, 11) is 2.03. The smallest absolute Gasteiger partial charge is 0.138 e. The van der Waals surface area contributed by atoms with Gasteiger partial charge in [-0.05, 0) is 32.5 Å². The van der Waals surface area contributed by atoms with Gasteiger partial charge in [0.15, 0.2) is 0 Å². The van der Waals surface area contributed by atoms with E-state index in [1.165, 1.54) is 22.8 Å². The van der Waals surface area contributed by atoms with E-state index in [2.05, 4.69) is 28.1 Å². The monoisotopic (exact) mass is 298 g/mol. The number of hydrogen-bond donors (Lipinski definition) is 1. The van der Waals surface area contributed by atoms with Crippen LogP contribution in [0.2, 0.25) is 0 Å². The maximum absolute atomic E-state index is 5.73. The van der Waals surface area contributed by atoms with Crippen LogP contribution in [0.5, 0.6) is 5.75 Å². The zero-order valence-electron chi connectivity index (χ0n) is 11.8. The van der Waals surface area contributed by atoms with Crippen molar-refractivity contribution in [2.24, 2.45) is 0 Å². The Bertz CT molecular complexity index is 395. The van der Waals surface area contributed by atoms with Crippen LogP contribution >= 0.6 is 23.5 Å². The first-order valence-electron chi connectivity index (χ1n) is 6.69. The van der Waals surface area contributed by atoms with Gasteiger partial charge in [-0.2, -0.15) is 23.5 Å². The van der Waals surface area contributed by atoms with Crippen LogP contribution < -0.4 is 10.1 Å². The molecular weight excluding hydrogens is 276 g/mol. The van der Waals surface area contributed by atoms with Gasteiger partial charge in [0.05, 0.1) is 12.3 Å². The fourth-order valence-corrected chi connectivity index (χ4v) is 5.12. The number of aromatic nitrogens is 1. The number of thioether (sulfide) groups is 2. The van der Waals surface area contributed by atoms with Gasteiger partial charge in [0, 0.05) is 34.7 Å². The predicted octanol–water partition coefficient (Wildman–Crippen LogP) is 2.98. The van der Waals surface area contributed by atoms with Crippen molar-refractivity contribution in [3.8, 4) is 5.75 Å². The molecule has 0 spiro atoms. The number of ether oxygens (including phenoxy) is 1. The molecule has 1 saturated heterocycles. The summed E-state index contributed by atoms with van der Waals surface area (Å²) in [4.78, 5) is 4.32. The van der Waals surface area contributed by atoms with Crippen LogP contribution in [0.1, 0.15) is 25.5 Å². The zero-order valence-corrected chi connectivity index (χ0v) is 13.4. The lowest BCUT2D eigenvalue weighted by Crippen LogP contribution is -2.31. The van der Waals surface area contributed by atoms with E-state index in [1.54, 1.807) is 6.20 Å². The molecule has 1 aromatic heterocycles. The number of pyridine rings is 1. The van der Waals surface area contributed by atoms with Gasteiger partial charge in [0.1, 0.15) is 5.75 Å². The van der Waals surface area contributed by atoms with E-state index in [0.29, 0.717) is 11.3 Å². The molecule has 0 saturated carbocycles. The summed E-state index contributed by atoms with van der Waals surface area (Å²) in [6, 6.07) is 2.47. The third-order valence-corrected chi connectivity index (χ3v) is 5.85. The van der Waals surface area contributed by atoms with Crippen LogP contribution in [-0.2, 0) is 0 Å². The molecule has 1 N–H and O–H groups in total. The fraction of sp³-hybridized carbons (Fsp3) is 0.643. The predicted molar refractivity (Wildman–Crippen MR) is 85.4 cm³/mol. The minimum atomic E-state index is 0.185. The van der Waals surface area contributed by atoms with E-state index in [-0.39, 0.29) is 6.10 Å². The molecule has 3 nitrogen and oxygen atoms in total. The molecule has 1 aliphatic rings. The third-order valence-electron chi connectivity index (χ3n) is 2.99. The van der Waals surface area contributed by atoms with Gasteiger partial charge in [-0.1, -0.05) is 0 Å². The quantitative estimate of drug-likeness (QED) is 0.904. The van der Waals surface area contributed by atoms with Crippen LogP contribution in [0, 0.1) is 0 Å². The molecule has 2 unspecified atom stereocenters. The molecule has 1 fully saturated rings. The number of nitrogens with one attached hydrogen (secondary N) is 1. The molecule has 106 valence electrons. The third kappa shape index (κ3) is 4.29. The van der Waals surface area contributed by atoms with Crippen LogP contribution in [0.25, 0.3) is 0 Å². The molecule has 0 amide bonds. The van der Waals surface area contributed by atoms with Gasteiger partial charge in [-0.25, -0.2) is 0 Å². The van der Waals surface area contributed by atoms with Crippen LogP contribution in [0.3, 0.4) is 0 Å². The average Bonchev–Trinajstić information content (AvgIpc) is 2.40. The summed E-state index contributed by atoms with van der Waals surface area (Å²) in [6.45, 7) is 4.08. The van der Waals surface area contributed by atoms with E-state index in [1.807, 2.05) is 38.9 Å². The minimum absolute atomic E-state index is 0.185. The Kier molecular flexibility index (Phi) is 5.85. The van der Waals surface area contributed by atoms with E-state index in [9.17, 15) is 0 Å². The van der Waals surface area contributed by atoms with Gasteiger partial charge >= 0.3 is 0 Å². The highest BCUT2D eigenvalue weighted by Crippen LogP contribution is 2.34. The van der Waals surface area contributed by atoms with Crippen molar-refractivity contribution in [3.63, 3.8) is 0 Å². The van der Waals surface area contributed by atoms with Crippen molar-refractivity contribution < 1.29 is 4.74 Å². The highest BCUT2D eigenvalue weighted by atomic mass is 32.2. The van der Waals surface area contributed by atoms with Crippen molar-refractivity contribution in [1.82, 2.24) is 10.3 Å². The van der Waals surface area contributed by atoms with Gasteiger partial charge in [0.2, 0.25) is 0 Å². The SMILES string of the molecule is CNC(c1cncc(OC(C)C)c1)C1CSCCS1. The molecule has 0 bridgehead atoms. The lowest BCUT2D eigenvalue weighted by molar-refractivity contribution is 0.241. The molecule has 0 radical (unpaired) electrons. The largest absolute Gasteiger partial charge is 0.489 e. The Morgan fingerprint density at radius 3 is 2.84 bits per heavy atom. The Morgan fingerprint density at radius 1 is 1.37 bits per heavy atom. The highest BCUT2D eigenvalue weighted by Gasteiger charge is 2.25. The van der Waals surface area contributed by atoms with Gasteiger partial charge < -0.3 is 10.1 Å². The molecular formula is C14H22N2OS2. The summed E-state index contributed by atoms with van der Waals surface area (Å²) in [5.41, 5.74) is 1.22. The van der Waals surface area contributed by atoms with Crippen molar-refractivity contribution in [1.29, 1.82) is 0 Å². The first-order valence-corrected chi connectivity index (χ1v) is 8.89. The topological polar surface area (TPSA) is 34.2 Å².